The summed E-state index contributed by atoms with van der Waals surface area (Å²) in [6.45, 7) is 6.05. The molecule has 302 valence electrons. The maximum atomic E-state index is 14.1. The van der Waals surface area contributed by atoms with Crippen molar-refractivity contribution in [3.05, 3.63) is 41.5 Å². The predicted molar refractivity (Wildman–Crippen MR) is 230 cm³/mol. The molecule has 1 aliphatic rings. The third-order valence-electron chi connectivity index (χ3n) is 11.5. The van der Waals surface area contributed by atoms with Crippen molar-refractivity contribution in [1.82, 2.24) is 4.90 Å². The Morgan fingerprint density at radius 2 is 0.865 bits per heavy atom. The van der Waals surface area contributed by atoms with Crippen molar-refractivity contribution in [3.8, 4) is 0 Å². The minimum atomic E-state index is -1.52. The predicted octanol–water partition coefficient (Wildman–Crippen LogP) is 14.4. The van der Waals surface area contributed by atoms with Gasteiger partial charge in [-0.15, -0.1) is 12.4 Å². The van der Waals surface area contributed by atoms with Crippen LogP contribution in [0.2, 0.25) is 0 Å². The number of unbranched alkanes of at least 4 members (excludes halogenated alkanes) is 30. The fourth-order valence-electron chi connectivity index (χ4n) is 8.05. The third kappa shape index (κ3) is 21.4. The molecule has 1 amide bonds. The molecule has 2 rings (SSSR count). The van der Waals surface area contributed by atoms with Crippen LogP contribution < -0.4 is 5.73 Å². The van der Waals surface area contributed by atoms with Crippen molar-refractivity contribution in [2.45, 2.75) is 231 Å². The molecule has 0 saturated heterocycles. The molecule has 0 radical (unpaired) electrons. The lowest BCUT2D eigenvalue weighted by Gasteiger charge is -2.36. The smallest absolute Gasteiger partial charge is 0.259 e. The first kappa shape index (κ1) is 48.5. The molecule has 0 fully saturated rings. The lowest BCUT2D eigenvalue weighted by molar-refractivity contribution is -0.152. The highest BCUT2D eigenvalue weighted by molar-refractivity contribution is 5.90. The second kappa shape index (κ2) is 32.9. The Labute approximate surface area is 329 Å². The number of carbonyl (C=O) groups is 1. The number of hydrogen-bond donors (Lipinski definition) is 2. The molecule has 52 heavy (non-hydrogen) atoms. The molecule has 1 aliphatic carbocycles. The second-order valence-electron chi connectivity index (χ2n) is 16.2. The molecule has 3 N–H and O–H groups in total. The average Bonchev–Trinajstić information content (AvgIpc) is 3.15. The summed E-state index contributed by atoms with van der Waals surface area (Å²) in [6, 6.07) is 7.65. The first-order valence-corrected chi connectivity index (χ1v) is 22.6. The Hall–Kier alpha value is -1.52. The van der Waals surface area contributed by atoms with Crippen molar-refractivity contribution in [1.29, 1.82) is 0 Å². The van der Waals surface area contributed by atoms with Crippen molar-refractivity contribution in [3.63, 3.8) is 0 Å². The standard InChI is InChI=1S/C47H84N2O2.ClH/c1-3-5-7-9-11-13-15-17-19-21-23-25-27-29-31-35-41-49(46(50)47(51)40-39-45(48)43-37-33-34-38-44(43)47)42-36-32-30-28-26-24-22-20-18-16-14-12-10-8-6-4-2;/h33-34,37-39,51H,3-32,35-36,40-42,48H2,1-2H3;1H. The molecule has 4 nitrogen and oxygen atoms in total. The molecule has 0 saturated carbocycles. The molecule has 0 aromatic heterocycles. The third-order valence-corrected chi connectivity index (χ3v) is 11.5. The van der Waals surface area contributed by atoms with E-state index in [-0.39, 0.29) is 24.7 Å². The van der Waals surface area contributed by atoms with E-state index in [2.05, 4.69) is 13.8 Å². The average molecular weight is 746 g/mol. The van der Waals surface area contributed by atoms with Gasteiger partial charge in [0.15, 0.2) is 5.60 Å². The summed E-state index contributed by atoms with van der Waals surface area (Å²) < 4.78 is 0. The van der Waals surface area contributed by atoms with Crippen molar-refractivity contribution < 1.29 is 9.90 Å². The van der Waals surface area contributed by atoms with Crippen LogP contribution in [0.4, 0.5) is 0 Å². The Morgan fingerprint density at radius 3 is 1.21 bits per heavy atom. The van der Waals surface area contributed by atoms with Crippen LogP contribution >= 0.6 is 12.4 Å². The number of aliphatic hydroxyl groups is 1. The van der Waals surface area contributed by atoms with Crippen LogP contribution in [0.15, 0.2) is 30.3 Å². The van der Waals surface area contributed by atoms with Gasteiger partial charge in [0.2, 0.25) is 0 Å². The number of nitrogens with two attached hydrogens (primary N) is 1. The molecule has 1 aromatic rings. The van der Waals surface area contributed by atoms with Gasteiger partial charge in [-0.05, 0) is 12.8 Å². The van der Waals surface area contributed by atoms with E-state index in [1.807, 2.05) is 35.2 Å². The lowest BCUT2D eigenvalue weighted by atomic mass is 9.80. The first-order chi connectivity index (χ1) is 25.0. The number of halogens is 1. The molecular weight excluding hydrogens is 660 g/mol. The maximum absolute atomic E-state index is 14.1. The van der Waals surface area contributed by atoms with Gasteiger partial charge in [0.25, 0.3) is 5.91 Å². The van der Waals surface area contributed by atoms with E-state index < -0.39 is 5.60 Å². The van der Waals surface area contributed by atoms with Crippen molar-refractivity contribution >= 4 is 24.0 Å². The number of carbonyl (C=O) groups excluding carboxylic acids is 1. The molecule has 0 aliphatic heterocycles. The van der Waals surface area contributed by atoms with Gasteiger partial charge in [-0.1, -0.05) is 237 Å². The zero-order valence-corrected chi connectivity index (χ0v) is 35.2. The van der Waals surface area contributed by atoms with Gasteiger partial charge in [-0.3, -0.25) is 4.79 Å². The van der Waals surface area contributed by atoms with Crippen LogP contribution in [-0.2, 0) is 10.4 Å². The number of nitrogens with zero attached hydrogens (tertiary/aromatic N) is 1. The van der Waals surface area contributed by atoms with Crippen LogP contribution in [-0.4, -0.2) is 29.0 Å². The summed E-state index contributed by atoms with van der Waals surface area (Å²) in [6.07, 6.45) is 45.1. The van der Waals surface area contributed by atoms with E-state index in [0.29, 0.717) is 11.3 Å². The summed E-state index contributed by atoms with van der Waals surface area (Å²) >= 11 is 0. The fraction of sp³-hybridized carbons (Fsp3) is 0.809. The van der Waals surface area contributed by atoms with Gasteiger partial charge >= 0.3 is 0 Å². The number of benzene rings is 1. The van der Waals surface area contributed by atoms with Crippen LogP contribution in [0.25, 0.3) is 5.70 Å². The van der Waals surface area contributed by atoms with E-state index in [1.165, 1.54) is 180 Å². The van der Waals surface area contributed by atoms with E-state index in [9.17, 15) is 9.90 Å². The summed E-state index contributed by atoms with van der Waals surface area (Å²) in [5.74, 6) is -0.138. The van der Waals surface area contributed by atoms with Crippen LogP contribution in [0.5, 0.6) is 0 Å². The van der Waals surface area contributed by atoms with Crippen LogP contribution in [0, 0.1) is 0 Å². The van der Waals surface area contributed by atoms with Gasteiger partial charge in [-0.25, -0.2) is 0 Å². The topological polar surface area (TPSA) is 66.6 Å². The Balaban J connectivity index is 0.0000135. The maximum Gasteiger partial charge on any atom is 0.259 e. The van der Waals surface area contributed by atoms with Crippen LogP contribution in [0.3, 0.4) is 0 Å². The Kier molecular flexibility index (Phi) is 30.7. The SMILES string of the molecule is CCCCCCCCCCCCCCCCCCN(CCCCCCCCCCCCCCCCCC)C(=O)C1(O)CC=C(N)c2ccccc21.Cl. The fourth-order valence-corrected chi connectivity index (χ4v) is 8.05. The number of amides is 1. The minimum absolute atomic E-state index is 0. The molecule has 0 heterocycles. The number of fused-ring (bicyclic) bond motifs is 1. The van der Waals surface area contributed by atoms with E-state index >= 15 is 0 Å². The second-order valence-corrected chi connectivity index (χ2v) is 16.2. The molecule has 5 heteroatoms. The van der Waals surface area contributed by atoms with Gasteiger partial charge < -0.3 is 15.7 Å². The van der Waals surface area contributed by atoms with Crippen LogP contribution in [0.1, 0.15) is 237 Å². The molecule has 1 unspecified atom stereocenters. The largest absolute Gasteiger partial charge is 0.398 e. The van der Waals surface area contributed by atoms with E-state index in [4.69, 9.17) is 5.73 Å². The number of rotatable bonds is 35. The summed E-state index contributed by atoms with van der Waals surface area (Å²) in [5.41, 5.74) is 6.87. The number of hydrogen-bond acceptors (Lipinski definition) is 3. The zero-order chi connectivity index (χ0) is 36.7. The Bertz CT molecular complexity index is 977. The van der Waals surface area contributed by atoms with Crippen molar-refractivity contribution in [2.75, 3.05) is 13.1 Å². The van der Waals surface area contributed by atoms with Gasteiger partial charge in [0.1, 0.15) is 0 Å². The summed E-state index contributed by atoms with van der Waals surface area (Å²) in [4.78, 5) is 16.1. The highest BCUT2D eigenvalue weighted by atomic mass is 35.5. The molecular formula is C47H85ClN2O2. The molecule has 1 aromatic carbocycles. The highest BCUT2D eigenvalue weighted by Gasteiger charge is 2.43. The summed E-state index contributed by atoms with van der Waals surface area (Å²) in [7, 11) is 0. The van der Waals surface area contributed by atoms with Crippen molar-refractivity contribution in [2.24, 2.45) is 5.73 Å². The quantitative estimate of drug-likeness (QED) is 0.0680. The highest BCUT2D eigenvalue weighted by Crippen LogP contribution is 2.37. The van der Waals surface area contributed by atoms with Gasteiger partial charge in [0.05, 0.1) is 0 Å². The Morgan fingerprint density at radius 1 is 0.558 bits per heavy atom. The summed E-state index contributed by atoms with van der Waals surface area (Å²) in [5, 5.41) is 11.9. The monoisotopic (exact) mass is 745 g/mol. The minimum Gasteiger partial charge on any atom is -0.398 e. The molecule has 0 spiro atoms. The van der Waals surface area contributed by atoms with Gasteiger partial charge in [-0.2, -0.15) is 0 Å². The molecule has 0 bridgehead atoms. The normalized spacial score (nSPS) is 15.2. The van der Waals surface area contributed by atoms with E-state index in [1.54, 1.807) is 0 Å². The van der Waals surface area contributed by atoms with E-state index in [0.717, 1.165) is 44.3 Å². The lowest BCUT2D eigenvalue weighted by Crippen LogP contribution is -2.49. The molecule has 1 atom stereocenters. The zero-order valence-electron chi connectivity index (χ0n) is 34.4. The first-order valence-electron chi connectivity index (χ1n) is 22.6. The van der Waals surface area contributed by atoms with Gasteiger partial charge in [0, 0.05) is 36.3 Å².